The van der Waals surface area contributed by atoms with E-state index in [1.807, 2.05) is 37.0 Å². The Hall–Kier alpha value is -1.71. The third-order valence-electron chi connectivity index (χ3n) is 8.25. The highest BCUT2D eigenvalue weighted by Gasteiger charge is 2.37. The molecule has 0 radical (unpaired) electrons. The lowest BCUT2D eigenvalue weighted by atomic mass is 9.63. The van der Waals surface area contributed by atoms with Gasteiger partial charge in [-0.25, -0.2) is 9.34 Å². The fraction of sp³-hybridized carbons (Fsp3) is 0.562. The number of hydrogen-bond donors (Lipinski definition) is 0. The summed E-state index contributed by atoms with van der Waals surface area (Å²) in [5, 5.41) is 0. The van der Waals surface area contributed by atoms with Crippen LogP contribution in [0.1, 0.15) is 103 Å². The predicted molar refractivity (Wildman–Crippen MR) is 160 cm³/mol. The van der Waals surface area contributed by atoms with Gasteiger partial charge in [0.1, 0.15) is 0 Å². The van der Waals surface area contributed by atoms with Crippen LogP contribution in [0.3, 0.4) is 0 Å². The summed E-state index contributed by atoms with van der Waals surface area (Å²) in [7, 11) is -3.05. The average molecular weight is 525 g/mol. The van der Waals surface area contributed by atoms with Crippen molar-refractivity contribution in [2.75, 3.05) is 26.2 Å². The van der Waals surface area contributed by atoms with Crippen molar-refractivity contribution in [2.45, 2.75) is 92.6 Å². The first kappa shape index (κ1) is 29.8. The van der Waals surface area contributed by atoms with Gasteiger partial charge in [0, 0.05) is 26.2 Å². The van der Waals surface area contributed by atoms with Gasteiger partial charge in [-0.15, -0.1) is 0 Å². The molecule has 37 heavy (non-hydrogen) atoms. The minimum absolute atomic E-state index is 0.207. The zero-order chi connectivity index (χ0) is 27.4. The molecule has 5 heteroatoms. The van der Waals surface area contributed by atoms with Crippen molar-refractivity contribution in [2.24, 2.45) is 0 Å². The molecule has 0 heterocycles. The van der Waals surface area contributed by atoms with Crippen molar-refractivity contribution in [3.05, 3.63) is 70.3 Å². The molecule has 1 aliphatic carbocycles. The van der Waals surface area contributed by atoms with Crippen LogP contribution in [0.25, 0.3) is 11.6 Å². The zero-order valence-corrected chi connectivity index (χ0v) is 25.6. The number of fused-ring (bicyclic) bond motifs is 1. The Labute approximate surface area is 226 Å². The molecule has 0 N–H and O–H groups in total. The van der Waals surface area contributed by atoms with Crippen molar-refractivity contribution in [1.82, 2.24) is 9.34 Å². The summed E-state index contributed by atoms with van der Waals surface area (Å²) in [5.41, 5.74) is 8.18. The van der Waals surface area contributed by atoms with Gasteiger partial charge in [-0.05, 0) is 64.0 Å². The van der Waals surface area contributed by atoms with Crippen LogP contribution in [-0.2, 0) is 26.5 Å². The molecule has 0 amide bonds. The maximum Gasteiger partial charge on any atom is 0.346 e. The summed E-state index contributed by atoms with van der Waals surface area (Å²) in [5.74, 6) is 0. The standard InChI is InChI=1S/C32H49N2O2P/c1-10-33(11-2)37(35,34(12-3)13-4)36-24-27-16-14-26(15-17-27)22-25(5)28-18-19-29-30(23-28)32(8,9)21-20-31(29,6)7/h14-19,22-23H,10-13,20-21,24H2,1-9H3/b25-22+. The quantitative estimate of drug-likeness (QED) is 0.217. The third-order valence-corrected chi connectivity index (χ3v) is 11.3. The topological polar surface area (TPSA) is 32.8 Å². The number of benzene rings is 2. The summed E-state index contributed by atoms with van der Waals surface area (Å²) in [6.45, 7) is 23.0. The molecule has 0 unspecified atom stereocenters. The molecule has 0 fully saturated rings. The van der Waals surface area contributed by atoms with Gasteiger partial charge in [-0.3, -0.25) is 4.57 Å². The van der Waals surface area contributed by atoms with Crippen LogP contribution in [0.2, 0.25) is 0 Å². The van der Waals surface area contributed by atoms with Crippen molar-refractivity contribution in [3.8, 4) is 0 Å². The lowest BCUT2D eigenvalue weighted by Crippen LogP contribution is -2.33. The van der Waals surface area contributed by atoms with E-state index in [9.17, 15) is 4.57 Å². The van der Waals surface area contributed by atoms with Gasteiger partial charge >= 0.3 is 7.67 Å². The summed E-state index contributed by atoms with van der Waals surface area (Å²) in [6, 6.07) is 15.5. The van der Waals surface area contributed by atoms with E-state index in [2.05, 4.69) is 83.2 Å². The van der Waals surface area contributed by atoms with Crippen LogP contribution in [0.15, 0.2) is 42.5 Å². The fourth-order valence-corrected chi connectivity index (χ4v) is 7.97. The summed E-state index contributed by atoms with van der Waals surface area (Å²) in [4.78, 5) is 0. The highest BCUT2D eigenvalue weighted by atomic mass is 31.2. The molecule has 3 rings (SSSR count). The number of allylic oxidation sites excluding steroid dienone is 1. The molecule has 1 aliphatic rings. The van der Waals surface area contributed by atoms with Crippen LogP contribution in [0, 0.1) is 0 Å². The monoisotopic (exact) mass is 524 g/mol. The van der Waals surface area contributed by atoms with E-state index in [0.717, 1.165) is 11.1 Å². The van der Waals surface area contributed by atoms with Gasteiger partial charge in [-0.1, -0.05) is 104 Å². The van der Waals surface area contributed by atoms with Crippen molar-refractivity contribution in [3.63, 3.8) is 0 Å². The van der Waals surface area contributed by atoms with E-state index >= 15 is 0 Å². The molecular weight excluding hydrogens is 475 g/mol. The first-order valence-corrected chi connectivity index (χ1v) is 15.6. The Balaban J connectivity index is 1.79. The number of hydrogen-bond acceptors (Lipinski definition) is 2. The van der Waals surface area contributed by atoms with E-state index < -0.39 is 7.67 Å². The lowest BCUT2D eigenvalue weighted by molar-refractivity contribution is 0.207. The van der Waals surface area contributed by atoms with Gasteiger partial charge in [0.25, 0.3) is 0 Å². The molecule has 0 saturated heterocycles. The molecule has 204 valence electrons. The van der Waals surface area contributed by atoms with Gasteiger partial charge < -0.3 is 4.52 Å². The van der Waals surface area contributed by atoms with E-state index in [1.165, 1.54) is 35.1 Å². The third kappa shape index (κ3) is 6.48. The van der Waals surface area contributed by atoms with Crippen LogP contribution in [0.5, 0.6) is 0 Å². The smallest absolute Gasteiger partial charge is 0.301 e. The second-order valence-electron chi connectivity index (χ2n) is 11.6. The molecule has 2 aromatic carbocycles. The first-order valence-electron chi connectivity index (χ1n) is 14.1. The minimum atomic E-state index is -3.05. The van der Waals surface area contributed by atoms with Crippen LogP contribution in [-0.4, -0.2) is 35.5 Å². The molecular formula is C32H49N2O2P. The van der Waals surface area contributed by atoms with E-state index in [1.54, 1.807) is 0 Å². The molecule has 2 aromatic rings. The van der Waals surface area contributed by atoms with E-state index in [0.29, 0.717) is 32.8 Å². The Morgan fingerprint density at radius 1 is 0.838 bits per heavy atom. The molecule has 0 saturated carbocycles. The average Bonchev–Trinajstić information content (AvgIpc) is 2.87. The SMILES string of the molecule is CCN(CC)P(=O)(OCc1ccc(/C=C(\C)c2ccc3c(c2)C(C)(C)CCC3(C)C)cc1)N(CC)CC. The fourth-order valence-electron chi connectivity index (χ4n) is 5.54. The highest BCUT2D eigenvalue weighted by Crippen LogP contribution is 2.54. The van der Waals surface area contributed by atoms with E-state index in [-0.39, 0.29) is 10.8 Å². The van der Waals surface area contributed by atoms with Gasteiger partial charge in [-0.2, -0.15) is 0 Å². The summed E-state index contributed by atoms with van der Waals surface area (Å²) in [6.07, 6.45) is 4.71. The maximum atomic E-state index is 13.9. The molecule has 0 atom stereocenters. The largest absolute Gasteiger partial charge is 0.346 e. The molecule has 0 aliphatic heterocycles. The van der Waals surface area contributed by atoms with Gasteiger partial charge in [0.05, 0.1) is 6.61 Å². The van der Waals surface area contributed by atoms with Crippen LogP contribution >= 0.6 is 7.67 Å². The van der Waals surface area contributed by atoms with Crippen molar-refractivity contribution < 1.29 is 9.09 Å². The Kier molecular flexibility index (Phi) is 9.67. The molecule has 4 nitrogen and oxygen atoms in total. The minimum Gasteiger partial charge on any atom is -0.301 e. The first-order chi connectivity index (χ1) is 17.4. The van der Waals surface area contributed by atoms with E-state index in [4.69, 9.17) is 4.52 Å². The summed E-state index contributed by atoms with van der Waals surface area (Å²) < 4.78 is 24.0. The lowest BCUT2D eigenvalue weighted by Gasteiger charge is -2.42. The second-order valence-corrected chi connectivity index (χ2v) is 14.0. The number of rotatable bonds is 11. The Bertz CT molecular complexity index is 1110. The maximum absolute atomic E-state index is 13.9. The zero-order valence-electron chi connectivity index (χ0n) is 24.7. The second kappa shape index (κ2) is 12.0. The van der Waals surface area contributed by atoms with Gasteiger partial charge in [0.2, 0.25) is 0 Å². The van der Waals surface area contributed by atoms with Crippen LogP contribution in [0.4, 0.5) is 0 Å². The van der Waals surface area contributed by atoms with Crippen molar-refractivity contribution in [1.29, 1.82) is 0 Å². The predicted octanol–water partition coefficient (Wildman–Crippen LogP) is 8.90. The summed E-state index contributed by atoms with van der Waals surface area (Å²) >= 11 is 0. The van der Waals surface area contributed by atoms with Crippen molar-refractivity contribution >= 4 is 19.3 Å². The Morgan fingerprint density at radius 2 is 1.35 bits per heavy atom. The normalized spacial score (nSPS) is 17.3. The molecule has 0 bridgehead atoms. The molecule has 0 aromatic heterocycles. The molecule has 0 spiro atoms. The van der Waals surface area contributed by atoms with Crippen LogP contribution < -0.4 is 0 Å². The Morgan fingerprint density at radius 3 is 1.86 bits per heavy atom. The number of nitrogens with zero attached hydrogens (tertiary/aromatic N) is 2. The highest BCUT2D eigenvalue weighted by molar-refractivity contribution is 7.53. The van der Waals surface area contributed by atoms with Gasteiger partial charge in [0.15, 0.2) is 0 Å².